The molecule has 2 rings (SSSR count). The van der Waals surface area contributed by atoms with Crippen LogP contribution in [-0.4, -0.2) is 40.5 Å². The van der Waals surface area contributed by atoms with Gasteiger partial charge in [0, 0.05) is 26.7 Å². The lowest BCUT2D eigenvalue weighted by Crippen LogP contribution is -2.43. The van der Waals surface area contributed by atoms with E-state index in [1.54, 1.807) is 23.7 Å². The average Bonchev–Trinajstić information content (AvgIpc) is 2.97. The van der Waals surface area contributed by atoms with Crippen LogP contribution in [0.25, 0.3) is 0 Å². The molecular weight excluding hydrogens is 330 g/mol. The molecule has 0 aliphatic heterocycles. The van der Waals surface area contributed by atoms with E-state index in [0.717, 1.165) is 23.9 Å². The first kappa shape index (κ1) is 19.8. The predicted molar refractivity (Wildman–Crippen MR) is 104 cm³/mol. The molecule has 2 aromatic rings. The minimum Gasteiger partial charge on any atom is -0.347 e. The SMILES string of the molecule is CCc1ccc(CCC(C)NC(=O)n2c(=O)nc(N(C)C)n2CC)cc1. The van der Waals surface area contributed by atoms with Gasteiger partial charge in [0.2, 0.25) is 5.95 Å². The van der Waals surface area contributed by atoms with Gasteiger partial charge in [-0.15, -0.1) is 4.68 Å². The predicted octanol–water partition coefficient (Wildman–Crippen LogP) is 2.27. The van der Waals surface area contributed by atoms with Gasteiger partial charge in [-0.3, -0.25) is 0 Å². The van der Waals surface area contributed by atoms with Gasteiger partial charge in [-0.1, -0.05) is 31.2 Å². The molecule has 1 atom stereocenters. The first-order valence-corrected chi connectivity index (χ1v) is 9.13. The Balaban J connectivity index is 2.01. The smallest absolute Gasteiger partial charge is 0.347 e. The fourth-order valence-corrected chi connectivity index (χ4v) is 2.86. The number of carbonyl (C=O) groups excluding carboxylic acids is 1. The molecule has 1 heterocycles. The number of hydrogen-bond acceptors (Lipinski definition) is 4. The first-order chi connectivity index (χ1) is 12.4. The van der Waals surface area contributed by atoms with Crippen LogP contribution in [0.15, 0.2) is 29.1 Å². The number of rotatable bonds is 7. The van der Waals surface area contributed by atoms with Crippen molar-refractivity contribution in [2.75, 3.05) is 19.0 Å². The fraction of sp³-hybridized carbons (Fsp3) is 0.526. The van der Waals surface area contributed by atoms with Crippen molar-refractivity contribution in [2.24, 2.45) is 0 Å². The van der Waals surface area contributed by atoms with Crippen molar-refractivity contribution in [1.82, 2.24) is 19.7 Å². The van der Waals surface area contributed by atoms with E-state index in [2.05, 4.69) is 41.5 Å². The Kier molecular flexibility index (Phi) is 6.60. The number of aryl methyl sites for hydroxylation is 2. The summed E-state index contributed by atoms with van der Waals surface area (Å²) in [5, 5.41) is 2.90. The molecule has 1 aromatic heterocycles. The number of amides is 1. The zero-order valence-corrected chi connectivity index (χ0v) is 16.3. The lowest BCUT2D eigenvalue weighted by atomic mass is 10.0. The van der Waals surface area contributed by atoms with Gasteiger partial charge in [-0.05, 0) is 44.2 Å². The van der Waals surface area contributed by atoms with Crippen LogP contribution in [0.1, 0.15) is 38.3 Å². The van der Waals surface area contributed by atoms with Crippen LogP contribution in [-0.2, 0) is 19.4 Å². The van der Waals surface area contributed by atoms with Gasteiger partial charge in [-0.2, -0.15) is 4.98 Å². The second-order valence-corrected chi connectivity index (χ2v) is 6.68. The first-order valence-electron chi connectivity index (χ1n) is 9.13. The van der Waals surface area contributed by atoms with E-state index in [4.69, 9.17) is 0 Å². The van der Waals surface area contributed by atoms with E-state index in [1.807, 2.05) is 13.8 Å². The Morgan fingerprint density at radius 2 is 1.81 bits per heavy atom. The lowest BCUT2D eigenvalue weighted by molar-refractivity contribution is 0.230. The average molecular weight is 359 g/mol. The van der Waals surface area contributed by atoms with Crippen LogP contribution < -0.4 is 15.9 Å². The summed E-state index contributed by atoms with van der Waals surface area (Å²) in [5.41, 5.74) is 2.00. The van der Waals surface area contributed by atoms with Crippen molar-refractivity contribution in [3.63, 3.8) is 0 Å². The van der Waals surface area contributed by atoms with Crippen LogP contribution in [0, 0.1) is 0 Å². The summed E-state index contributed by atoms with van der Waals surface area (Å²) in [7, 11) is 3.59. The van der Waals surface area contributed by atoms with Gasteiger partial charge in [0.1, 0.15) is 0 Å². The molecule has 0 aliphatic carbocycles. The molecule has 1 unspecified atom stereocenters. The summed E-state index contributed by atoms with van der Waals surface area (Å²) >= 11 is 0. The van der Waals surface area contributed by atoms with Crippen molar-refractivity contribution in [3.8, 4) is 0 Å². The molecule has 1 N–H and O–H groups in total. The van der Waals surface area contributed by atoms with Gasteiger partial charge in [0.15, 0.2) is 0 Å². The number of hydrogen-bond donors (Lipinski definition) is 1. The third kappa shape index (κ3) is 4.53. The molecule has 1 aromatic carbocycles. The van der Waals surface area contributed by atoms with Gasteiger partial charge < -0.3 is 10.2 Å². The second-order valence-electron chi connectivity index (χ2n) is 6.68. The number of nitrogens with zero attached hydrogens (tertiary/aromatic N) is 4. The zero-order valence-electron chi connectivity index (χ0n) is 16.3. The minimum absolute atomic E-state index is 0.0525. The number of nitrogens with one attached hydrogen (secondary N) is 1. The van der Waals surface area contributed by atoms with Crippen LogP contribution in [0.2, 0.25) is 0 Å². The largest absolute Gasteiger partial charge is 0.374 e. The molecular formula is C19H29N5O2. The van der Waals surface area contributed by atoms with E-state index in [-0.39, 0.29) is 6.04 Å². The molecule has 1 amide bonds. The van der Waals surface area contributed by atoms with E-state index in [0.29, 0.717) is 12.5 Å². The van der Waals surface area contributed by atoms with Crippen LogP contribution in [0.4, 0.5) is 10.7 Å². The quantitative estimate of drug-likeness (QED) is 0.823. The second kappa shape index (κ2) is 8.69. The Bertz CT molecular complexity index is 789. The zero-order chi connectivity index (χ0) is 19.3. The lowest BCUT2D eigenvalue weighted by Gasteiger charge is -2.17. The molecule has 0 spiro atoms. The normalized spacial score (nSPS) is 12.0. The maximum absolute atomic E-state index is 12.6. The Labute approximate surface area is 154 Å². The summed E-state index contributed by atoms with van der Waals surface area (Å²) in [6.45, 7) is 6.44. The Hall–Kier alpha value is -2.57. The highest BCUT2D eigenvalue weighted by Crippen LogP contribution is 2.09. The number of benzene rings is 1. The molecule has 7 heteroatoms. The van der Waals surface area contributed by atoms with Crippen LogP contribution in [0.3, 0.4) is 0 Å². The third-order valence-corrected chi connectivity index (χ3v) is 4.41. The maximum atomic E-state index is 12.6. The highest BCUT2D eigenvalue weighted by Gasteiger charge is 2.20. The van der Waals surface area contributed by atoms with Gasteiger partial charge >= 0.3 is 11.7 Å². The van der Waals surface area contributed by atoms with Crippen molar-refractivity contribution < 1.29 is 4.79 Å². The maximum Gasteiger partial charge on any atom is 0.374 e. The standard InChI is InChI=1S/C19H29N5O2/c1-6-15-10-12-16(13-11-15)9-8-14(3)20-18(25)24-19(26)21-17(22(4)5)23(24)7-2/h10-14H,6-9H2,1-5H3,(H,20,25). The monoisotopic (exact) mass is 359 g/mol. The molecule has 0 radical (unpaired) electrons. The summed E-state index contributed by atoms with van der Waals surface area (Å²) in [4.78, 5) is 30.4. The van der Waals surface area contributed by atoms with Crippen molar-refractivity contribution in [1.29, 1.82) is 0 Å². The Morgan fingerprint density at radius 3 is 2.35 bits per heavy atom. The molecule has 0 bridgehead atoms. The van der Waals surface area contributed by atoms with Crippen molar-refractivity contribution >= 4 is 12.0 Å². The summed E-state index contributed by atoms with van der Waals surface area (Å²) in [5.74, 6) is 0.469. The van der Waals surface area contributed by atoms with Gasteiger partial charge in [-0.25, -0.2) is 14.3 Å². The molecule has 26 heavy (non-hydrogen) atoms. The molecule has 142 valence electrons. The number of carbonyl (C=O) groups is 1. The van der Waals surface area contributed by atoms with Gasteiger partial charge in [0.25, 0.3) is 0 Å². The van der Waals surface area contributed by atoms with E-state index in [9.17, 15) is 9.59 Å². The highest BCUT2D eigenvalue weighted by molar-refractivity contribution is 5.76. The highest BCUT2D eigenvalue weighted by atomic mass is 16.2. The van der Waals surface area contributed by atoms with Crippen molar-refractivity contribution in [2.45, 2.75) is 52.6 Å². The molecule has 0 aliphatic rings. The number of anilines is 1. The third-order valence-electron chi connectivity index (χ3n) is 4.41. The van der Waals surface area contributed by atoms with Crippen LogP contribution in [0.5, 0.6) is 0 Å². The van der Waals surface area contributed by atoms with E-state index >= 15 is 0 Å². The fourth-order valence-electron chi connectivity index (χ4n) is 2.86. The topological polar surface area (TPSA) is 72.2 Å². The van der Waals surface area contributed by atoms with E-state index in [1.165, 1.54) is 11.1 Å². The molecule has 0 fully saturated rings. The molecule has 7 nitrogen and oxygen atoms in total. The Morgan fingerprint density at radius 1 is 1.19 bits per heavy atom. The van der Waals surface area contributed by atoms with Gasteiger partial charge in [0.05, 0.1) is 0 Å². The summed E-state index contributed by atoms with van der Waals surface area (Å²) in [6.07, 6.45) is 2.70. The minimum atomic E-state index is -0.560. The summed E-state index contributed by atoms with van der Waals surface area (Å²) in [6, 6.07) is 8.05. The molecule has 0 saturated carbocycles. The van der Waals surface area contributed by atoms with Crippen molar-refractivity contribution in [3.05, 3.63) is 45.9 Å². The summed E-state index contributed by atoms with van der Waals surface area (Å²) < 4.78 is 2.65. The number of aromatic nitrogens is 3. The molecule has 0 saturated heterocycles. The van der Waals surface area contributed by atoms with Crippen LogP contribution >= 0.6 is 0 Å². The van der Waals surface area contributed by atoms with E-state index < -0.39 is 11.7 Å².